The number of anilines is 1. The van der Waals surface area contributed by atoms with Gasteiger partial charge in [-0.1, -0.05) is 6.07 Å². The summed E-state index contributed by atoms with van der Waals surface area (Å²) in [5.41, 5.74) is 2.32. The zero-order valence-electron chi connectivity index (χ0n) is 19.1. The van der Waals surface area contributed by atoms with Gasteiger partial charge in [0.1, 0.15) is 18.5 Å². The van der Waals surface area contributed by atoms with Crippen LogP contribution in [-0.4, -0.2) is 77.1 Å². The van der Waals surface area contributed by atoms with Crippen LogP contribution in [0.25, 0.3) is 0 Å². The van der Waals surface area contributed by atoms with Gasteiger partial charge in [0.15, 0.2) is 0 Å². The van der Waals surface area contributed by atoms with E-state index >= 15 is 0 Å². The van der Waals surface area contributed by atoms with Gasteiger partial charge < -0.3 is 20.6 Å². The van der Waals surface area contributed by atoms with Crippen molar-refractivity contribution in [1.29, 1.82) is 0 Å². The number of nitrogens with one attached hydrogen (secondary N) is 2. The van der Waals surface area contributed by atoms with E-state index in [9.17, 15) is 19.1 Å². The number of rotatable bonds is 6. The summed E-state index contributed by atoms with van der Waals surface area (Å²) in [7, 11) is 0. The van der Waals surface area contributed by atoms with Crippen molar-refractivity contribution in [2.24, 2.45) is 0 Å². The molecule has 1 saturated carbocycles. The molecule has 4 rings (SSSR count). The van der Waals surface area contributed by atoms with E-state index in [1.54, 1.807) is 11.0 Å². The lowest BCUT2D eigenvalue weighted by atomic mass is 9.89. The standard InChI is InChI=1S/C24H35FN4O3/c1-3-29(22(31)14-30)18-9-10-28(13-18)17-6-4-5-16(11-17)26-24(32)21-12-19-20(25)8-7-15(2)23(19)27-21/h7-8,16-18,21,27,30H,3-6,9-14H2,1-2H3,(H,26,32)/t16-,17?,18+,21?/m1/s1. The van der Waals surface area contributed by atoms with Crippen LogP contribution < -0.4 is 10.6 Å². The molecule has 2 heterocycles. The van der Waals surface area contributed by atoms with Crippen molar-refractivity contribution in [3.8, 4) is 0 Å². The smallest absolute Gasteiger partial charge is 0.248 e. The number of carbonyl (C=O) groups is 2. The number of carbonyl (C=O) groups excluding carboxylic acids is 2. The molecule has 1 aliphatic carbocycles. The third kappa shape index (κ3) is 4.62. The summed E-state index contributed by atoms with van der Waals surface area (Å²) < 4.78 is 14.2. The van der Waals surface area contributed by atoms with Gasteiger partial charge in [-0.2, -0.15) is 0 Å². The fourth-order valence-corrected chi connectivity index (χ4v) is 5.74. The molecule has 32 heavy (non-hydrogen) atoms. The van der Waals surface area contributed by atoms with Gasteiger partial charge in [-0.3, -0.25) is 14.5 Å². The average Bonchev–Trinajstić information content (AvgIpc) is 3.46. The zero-order valence-corrected chi connectivity index (χ0v) is 19.1. The van der Waals surface area contributed by atoms with Crippen LogP contribution in [0, 0.1) is 12.7 Å². The lowest BCUT2D eigenvalue weighted by Gasteiger charge is -2.36. The minimum atomic E-state index is -0.440. The molecule has 3 aliphatic rings. The fourth-order valence-electron chi connectivity index (χ4n) is 5.74. The monoisotopic (exact) mass is 446 g/mol. The second-order valence-electron chi connectivity index (χ2n) is 9.42. The normalized spacial score (nSPS) is 27.6. The van der Waals surface area contributed by atoms with Crippen LogP contribution in [0.1, 0.15) is 50.2 Å². The maximum absolute atomic E-state index is 14.2. The Morgan fingerprint density at radius 3 is 2.84 bits per heavy atom. The fraction of sp³-hybridized carbons (Fsp3) is 0.667. The van der Waals surface area contributed by atoms with Crippen molar-refractivity contribution >= 4 is 17.5 Å². The van der Waals surface area contributed by atoms with Crippen molar-refractivity contribution < 1.29 is 19.1 Å². The quantitative estimate of drug-likeness (QED) is 0.621. The predicted octanol–water partition coefficient (Wildman–Crippen LogP) is 1.81. The molecule has 1 aromatic carbocycles. The molecule has 2 aliphatic heterocycles. The SMILES string of the molecule is CCN(C(=O)CO)[C@H]1CCN(C2CCC[C@@H](NC(=O)C3Cc4c(F)ccc(C)c4N3)C2)C1. The van der Waals surface area contributed by atoms with E-state index in [0.29, 0.717) is 24.6 Å². The van der Waals surface area contributed by atoms with Crippen molar-refractivity contribution in [1.82, 2.24) is 15.1 Å². The van der Waals surface area contributed by atoms with Gasteiger partial charge >= 0.3 is 0 Å². The van der Waals surface area contributed by atoms with Crippen molar-refractivity contribution in [2.75, 3.05) is 31.6 Å². The van der Waals surface area contributed by atoms with Gasteiger partial charge in [-0.25, -0.2) is 4.39 Å². The first kappa shape index (κ1) is 23.0. The molecule has 4 atom stereocenters. The van der Waals surface area contributed by atoms with E-state index in [2.05, 4.69) is 15.5 Å². The highest BCUT2D eigenvalue weighted by Crippen LogP contribution is 2.32. The molecular formula is C24H35FN4O3. The highest BCUT2D eigenvalue weighted by molar-refractivity contribution is 5.88. The summed E-state index contributed by atoms with van der Waals surface area (Å²) >= 11 is 0. The average molecular weight is 447 g/mol. The molecule has 8 heteroatoms. The van der Waals surface area contributed by atoms with Gasteiger partial charge in [-0.15, -0.1) is 0 Å². The summed E-state index contributed by atoms with van der Waals surface area (Å²) in [6.07, 6.45) is 5.29. The number of aryl methyl sites for hydroxylation is 1. The van der Waals surface area contributed by atoms with Crippen molar-refractivity contribution in [2.45, 2.75) is 76.5 Å². The Morgan fingerprint density at radius 1 is 1.31 bits per heavy atom. The molecule has 0 spiro atoms. The molecule has 1 saturated heterocycles. The number of hydrogen-bond acceptors (Lipinski definition) is 5. The number of likely N-dealkylation sites (tertiary alicyclic amines) is 1. The lowest BCUT2D eigenvalue weighted by Crippen LogP contribution is -2.49. The third-order valence-electron chi connectivity index (χ3n) is 7.45. The predicted molar refractivity (Wildman–Crippen MR) is 121 cm³/mol. The van der Waals surface area contributed by atoms with Crippen LogP contribution in [0.4, 0.5) is 10.1 Å². The molecule has 2 unspecified atom stereocenters. The lowest BCUT2D eigenvalue weighted by molar-refractivity contribution is -0.136. The Morgan fingerprint density at radius 2 is 2.12 bits per heavy atom. The number of halogens is 1. The number of amides is 2. The summed E-state index contributed by atoms with van der Waals surface area (Å²) in [5, 5.41) is 15.7. The van der Waals surface area contributed by atoms with Crippen LogP contribution >= 0.6 is 0 Å². The van der Waals surface area contributed by atoms with Crippen LogP contribution in [-0.2, 0) is 16.0 Å². The first-order valence-electron chi connectivity index (χ1n) is 11.9. The zero-order chi connectivity index (χ0) is 22.8. The second-order valence-corrected chi connectivity index (χ2v) is 9.42. The summed E-state index contributed by atoms with van der Waals surface area (Å²) in [6, 6.07) is 3.42. The number of aliphatic hydroxyl groups is 1. The number of hydrogen-bond donors (Lipinski definition) is 3. The van der Waals surface area contributed by atoms with Gasteiger partial charge in [-0.05, 0) is 57.6 Å². The van der Waals surface area contributed by atoms with Gasteiger partial charge in [0.2, 0.25) is 11.8 Å². The molecular weight excluding hydrogens is 411 g/mol. The van der Waals surface area contributed by atoms with Crippen LogP contribution in [0.15, 0.2) is 12.1 Å². The second kappa shape index (κ2) is 9.75. The molecule has 2 fully saturated rings. The Balaban J connectivity index is 1.31. The topological polar surface area (TPSA) is 84.9 Å². The minimum Gasteiger partial charge on any atom is -0.387 e. The summed E-state index contributed by atoms with van der Waals surface area (Å²) in [6.45, 7) is 5.80. The van der Waals surface area contributed by atoms with Gasteiger partial charge in [0, 0.05) is 55.4 Å². The molecule has 176 valence electrons. The largest absolute Gasteiger partial charge is 0.387 e. The highest BCUT2D eigenvalue weighted by atomic mass is 19.1. The van der Waals surface area contributed by atoms with Gasteiger partial charge in [0.25, 0.3) is 0 Å². The molecule has 3 N–H and O–H groups in total. The Labute approximate surface area is 189 Å². The first-order chi connectivity index (χ1) is 15.4. The summed E-state index contributed by atoms with van der Waals surface area (Å²) in [5.74, 6) is -0.518. The molecule has 2 amide bonds. The minimum absolute atomic E-state index is 0.0596. The molecule has 7 nitrogen and oxygen atoms in total. The van der Waals surface area contributed by atoms with E-state index < -0.39 is 12.6 Å². The van der Waals surface area contributed by atoms with Crippen molar-refractivity contribution in [3.05, 3.63) is 29.1 Å². The van der Waals surface area contributed by atoms with Crippen LogP contribution in [0.3, 0.4) is 0 Å². The number of nitrogens with zero attached hydrogens (tertiary/aromatic N) is 2. The number of fused-ring (bicyclic) bond motifs is 1. The van der Waals surface area contributed by atoms with Crippen LogP contribution in [0.2, 0.25) is 0 Å². The Hall–Kier alpha value is -2.19. The molecule has 0 aromatic heterocycles. The summed E-state index contributed by atoms with van der Waals surface area (Å²) in [4.78, 5) is 29.2. The van der Waals surface area contributed by atoms with E-state index in [-0.39, 0.29) is 29.7 Å². The Kier molecular flexibility index (Phi) is 7.00. The highest BCUT2D eigenvalue weighted by Gasteiger charge is 2.36. The van der Waals surface area contributed by atoms with E-state index in [0.717, 1.165) is 56.4 Å². The van der Waals surface area contributed by atoms with Gasteiger partial charge in [0.05, 0.1) is 0 Å². The first-order valence-corrected chi connectivity index (χ1v) is 11.9. The molecule has 0 radical (unpaired) electrons. The number of benzene rings is 1. The van der Waals surface area contributed by atoms with Crippen molar-refractivity contribution in [3.63, 3.8) is 0 Å². The van der Waals surface area contributed by atoms with E-state index in [1.807, 2.05) is 13.8 Å². The molecule has 0 bridgehead atoms. The number of likely N-dealkylation sites (N-methyl/N-ethyl adjacent to an activating group) is 1. The third-order valence-corrected chi connectivity index (χ3v) is 7.45. The maximum Gasteiger partial charge on any atom is 0.248 e. The van der Waals surface area contributed by atoms with E-state index in [1.165, 1.54) is 6.07 Å². The Bertz CT molecular complexity index is 833. The van der Waals surface area contributed by atoms with Crippen LogP contribution in [0.5, 0.6) is 0 Å². The van der Waals surface area contributed by atoms with E-state index in [4.69, 9.17) is 0 Å². The number of aliphatic hydroxyl groups excluding tert-OH is 1. The maximum atomic E-state index is 14.2. The molecule has 1 aromatic rings.